The largest absolute Gasteiger partial charge is 0.356 e. The van der Waals surface area contributed by atoms with Crippen molar-refractivity contribution in [3.63, 3.8) is 0 Å². The maximum Gasteiger partial charge on any atom is 0.152 e. The molecule has 2 heterocycles. The standard InChI is InChI=1S/C14H12ClF2IN2O/c15-12-13(17)8(7-9(16)14(12)18)10-4-5-19-20(10)11-3-1-2-6-21-11/h4-5,7,11H,1-3,6H2. The van der Waals surface area contributed by atoms with E-state index in [0.717, 1.165) is 25.3 Å². The number of ether oxygens (including phenoxy) is 1. The van der Waals surface area contributed by atoms with Gasteiger partial charge < -0.3 is 4.74 Å². The zero-order valence-corrected chi connectivity index (χ0v) is 13.9. The van der Waals surface area contributed by atoms with E-state index < -0.39 is 11.6 Å². The molecule has 0 bridgehead atoms. The van der Waals surface area contributed by atoms with Crippen molar-refractivity contribution in [3.8, 4) is 11.3 Å². The minimum Gasteiger partial charge on any atom is -0.356 e. The van der Waals surface area contributed by atoms with E-state index in [0.29, 0.717) is 12.3 Å². The van der Waals surface area contributed by atoms with Crippen LogP contribution in [0.3, 0.4) is 0 Å². The molecule has 2 aromatic rings. The predicted molar refractivity (Wildman–Crippen MR) is 84.1 cm³/mol. The molecule has 0 N–H and O–H groups in total. The molecule has 1 saturated heterocycles. The van der Waals surface area contributed by atoms with Gasteiger partial charge in [0.1, 0.15) is 5.82 Å². The fourth-order valence-electron chi connectivity index (χ4n) is 2.43. The summed E-state index contributed by atoms with van der Waals surface area (Å²) in [7, 11) is 0. The van der Waals surface area contributed by atoms with Crippen LogP contribution >= 0.6 is 34.2 Å². The van der Waals surface area contributed by atoms with Gasteiger partial charge >= 0.3 is 0 Å². The smallest absolute Gasteiger partial charge is 0.152 e. The van der Waals surface area contributed by atoms with E-state index in [-0.39, 0.29) is 20.4 Å². The predicted octanol–water partition coefficient (Wildman–Crippen LogP) is 4.79. The summed E-state index contributed by atoms with van der Waals surface area (Å²) >= 11 is 7.55. The minimum absolute atomic E-state index is 0.0792. The van der Waals surface area contributed by atoms with Gasteiger partial charge in [-0.05, 0) is 54.0 Å². The van der Waals surface area contributed by atoms with Crippen molar-refractivity contribution >= 4 is 34.2 Å². The number of hydrogen-bond acceptors (Lipinski definition) is 2. The zero-order valence-electron chi connectivity index (χ0n) is 11.0. The lowest BCUT2D eigenvalue weighted by Crippen LogP contribution is -2.20. The van der Waals surface area contributed by atoms with Gasteiger partial charge in [-0.2, -0.15) is 5.10 Å². The van der Waals surface area contributed by atoms with Crippen LogP contribution in [0.1, 0.15) is 25.5 Å². The molecule has 112 valence electrons. The van der Waals surface area contributed by atoms with Crippen LogP contribution < -0.4 is 0 Å². The van der Waals surface area contributed by atoms with Crippen molar-refractivity contribution in [2.75, 3.05) is 6.61 Å². The molecule has 0 spiro atoms. The Morgan fingerprint density at radius 1 is 1.38 bits per heavy atom. The molecule has 7 heteroatoms. The van der Waals surface area contributed by atoms with Crippen LogP contribution in [-0.2, 0) is 4.74 Å². The third kappa shape index (κ3) is 2.80. The minimum atomic E-state index is -0.639. The quantitative estimate of drug-likeness (QED) is 0.394. The van der Waals surface area contributed by atoms with Crippen LogP contribution in [0.25, 0.3) is 11.3 Å². The molecule has 3 nitrogen and oxygen atoms in total. The molecular formula is C14H12ClF2IN2O. The number of benzene rings is 1. The van der Waals surface area contributed by atoms with Gasteiger partial charge in [-0.25, -0.2) is 13.5 Å². The molecule has 1 aromatic heterocycles. The van der Waals surface area contributed by atoms with Gasteiger partial charge in [0.2, 0.25) is 0 Å². The first kappa shape index (κ1) is 15.2. The van der Waals surface area contributed by atoms with E-state index in [1.165, 1.54) is 0 Å². The van der Waals surface area contributed by atoms with Crippen LogP contribution in [-0.4, -0.2) is 16.4 Å². The third-order valence-corrected chi connectivity index (χ3v) is 5.21. The average molecular weight is 425 g/mol. The average Bonchev–Trinajstić information content (AvgIpc) is 2.99. The Kier molecular flexibility index (Phi) is 4.46. The van der Waals surface area contributed by atoms with Crippen molar-refractivity contribution in [1.29, 1.82) is 0 Å². The molecule has 0 aliphatic carbocycles. The van der Waals surface area contributed by atoms with Gasteiger partial charge in [0.15, 0.2) is 12.0 Å². The highest BCUT2D eigenvalue weighted by molar-refractivity contribution is 14.1. The van der Waals surface area contributed by atoms with Gasteiger partial charge in [-0.1, -0.05) is 11.6 Å². The van der Waals surface area contributed by atoms with Gasteiger partial charge in [-0.15, -0.1) is 0 Å². The van der Waals surface area contributed by atoms with E-state index in [4.69, 9.17) is 16.3 Å². The first-order chi connectivity index (χ1) is 10.1. The summed E-state index contributed by atoms with van der Waals surface area (Å²) in [5.74, 6) is -1.19. The molecule has 1 atom stereocenters. The summed E-state index contributed by atoms with van der Waals surface area (Å²) in [6.07, 6.45) is 4.14. The SMILES string of the molecule is Fc1cc(-c2ccnn2C2CCCCO2)c(F)c(Cl)c1I. The highest BCUT2D eigenvalue weighted by atomic mass is 127. The summed E-state index contributed by atoms with van der Waals surface area (Å²) in [4.78, 5) is 0. The molecule has 3 rings (SSSR count). The second-order valence-corrected chi connectivity index (χ2v) is 6.29. The number of rotatable bonds is 2. The van der Waals surface area contributed by atoms with Crippen LogP contribution in [0.5, 0.6) is 0 Å². The molecule has 0 amide bonds. The van der Waals surface area contributed by atoms with Crippen molar-refractivity contribution in [3.05, 3.63) is 38.6 Å². The number of nitrogens with zero attached hydrogens (tertiary/aromatic N) is 2. The Balaban J connectivity index is 2.08. The second-order valence-electron chi connectivity index (χ2n) is 4.83. The molecule has 1 aliphatic heterocycles. The molecule has 0 saturated carbocycles. The first-order valence-corrected chi connectivity index (χ1v) is 8.03. The van der Waals surface area contributed by atoms with E-state index >= 15 is 0 Å². The number of hydrogen-bond donors (Lipinski definition) is 0. The maximum absolute atomic E-state index is 14.4. The van der Waals surface area contributed by atoms with Crippen molar-refractivity contribution in [2.45, 2.75) is 25.5 Å². The Labute approximate surface area is 139 Å². The first-order valence-electron chi connectivity index (χ1n) is 6.58. The van der Waals surface area contributed by atoms with Crippen molar-refractivity contribution in [2.24, 2.45) is 0 Å². The van der Waals surface area contributed by atoms with Crippen molar-refractivity contribution in [1.82, 2.24) is 9.78 Å². The van der Waals surface area contributed by atoms with Crippen LogP contribution in [0.15, 0.2) is 18.3 Å². The summed E-state index contributed by atoms with van der Waals surface area (Å²) < 4.78 is 35.6. The van der Waals surface area contributed by atoms with Gasteiger partial charge in [-0.3, -0.25) is 0 Å². The van der Waals surface area contributed by atoms with E-state index in [2.05, 4.69) is 5.10 Å². The monoisotopic (exact) mass is 424 g/mol. The summed E-state index contributed by atoms with van der Waals surface area (Å²) in [6, 6.07) is 2.79. The maximum atomic E-state index is 14.4. The van der Waals surface area contributed by atoms with Crippen LogP contribution in [0.2, 0.25) is 5.02 Å². The van der Waals surface area contributed by atoms with Crippen molar-refractivity contribution < 1.29 is 13.5 Å². The molecule has 1 aromatic carbocycles. The fourth-order valence-corrected chi connectivity index (χ4v) is 3.02. The lowest BCUT2D eigenvalue weighted by molar-refractivity contribution is -0.0383. The Morgan fingerprint density at radius 3 is 2.90 bits per heavy atom. The highest BCUT2D eigenvalue weighted by Crippen LogP contribution is 2.35. The summed E-state index contributed by atoms with van der Waals surface area (Å²) in [6.45, 7) is 0.647. The molecule has 1 aliphatic rings. The summed E-state index contributed by atoms with van der Waals surface area (Å²) in [5, 5.41) is 3.99. The number of aromatic nitrogens is 2. The molecular weight excluding hydrogens is 413 g/mol. The van der Waals surface area contributed by atoms with E-state index in [1.54, 1.807) is 39.5 Å². The van der Waals surface area contributed by atoms with Gasteiger partial charge in [0, 0.05) is 18.4 Å². The second kappa shape index (κ2) is 6.18. The van der Waals surface area contributed by atoms with Gasteiger partial charge in [0.05, 0.1) is 14.3 Å². The highest BCUT2D eigenvalue weighted by Gasteiger charge is 2.23. The lowest BCUT2D eigenvalue weighted by atomic mass is 10.1. The van der Waals surface area contributed by atoms with Crippen LogP contribution in [0, 0.1) is 15.2 Å². The topological polar surface area (TPSA) is 27.1 Å². The van der Waals surface area contributed by atoms with Crippen LogP contribution in [0.4, 0.5) is 8.78 Å². The zero-order chi connectivity index (χ0) is 15.0. The molecule has 21 heavy (non-hydrogen) atoms. The van der Waals surface area contributed by atoms with E-state index in [1.807, 2.05) is 0 Å². The Morgan fingerprint density at radius 2 is 2.19 bits per heavy atom. The fraction of sp³-hybridized carbons (Fsp3) is 0.357. The lowest BCUT2D eigenvalue weighted by Gasteiger charge is -2.24. The number of halogens is 4. The molecule has 1 fully saturated rings. The van der Waals surface area contributed by atoms with E-state index in [9.17, 15) is 8.78 Å². The third-order valence-electron chi connectivity index (χ3n) is 3.48. The Hall–Kier alpha value is -0.730. The molecule has 1 unspecified atom stereocenters. The Bertz CT molecular complexity index is 671. The molecule has 0 radical (unpaired) electrons. The van der Waals surface area contributed by atoms with Gasteiger partial charge in [0.25, 0.3) is 0 Å². The summed E-state index contributed by atoms with van der Waals surface area (Å²) in [5.41, 5.74) is 0.571. The normalized spacial score (nSPS) is 19.0.